The zero-order valence-electron chi connectivity index (χ0n) is 11.1. The van der Waals surface area contributed by atoms with Crippen LogP contribution in [0.1, 0.15) is 17.3 Å². The molecular weight excluding hydrogens is 240 g/mol. The van der Waals surface area contributed by atoms with E-state index in [9.17, 15) is 4.79 Å². The van der Waals surface area contributed by atoms with Gasteiger partial charge >= 0.3 is 0 Å². The fourth-order valence-corrected chi connectivity index (χ4v) is 1.98. The van der Waals surface area contributed by atoms with Gasteiger partial charge in [0.2, 0.25) is 0 Å². The average Bonchev–Trinajstić information content (AvgIpc) is 2.47. The zero-order valence-corrected chi connectivity index (χ0v) is 11.1. The molecule has 0 heterocycles. The van der Waals surface area contributed by atoms with Crippen molar-refractivity contribution >= 4 is 6.29 Å². The van der Waals surface area contributed by atoms with E-state index >= 15 is 0 Å². The Kier molecular flexibility index (Phi) is 4.18. The first-order valence-electron chi connectivity index (χ1n) is 6.15. The largest absolute Gasteiger partial charge is 0.496 e. The van der Waals surface area contributed by atoms with Crippen molar-refractivity contribution in [1.82, 2.24) is 0 Å². The highest BCUT2D eigenvalue weighted by atomic mass is 16.5. The smallest absolute Gasteiger partial charge is 0.153 e. The molecule has 2 aromatic rings. The predicted octanol–water partition coefficient (Wildman–Crippen LogP) is 3.57. The number of carbonyl (C=O) groups is 1. The second-order valence-electron chi connectivity index (χ2n) is 4.00. The number of aldehydes is 1. The second kappa shape index (κ2) is 6.05. The Hall–Kier alpha value is -2.29. The number of para-hydroxylation sites is 1. The van der Waals surface area contributed by atoms with E-state index in [1.54, 1.807) is 13.2 Å². The Morgan fingerprint density at radius 1 is 1.11 bits per heavy atom. The van der Waals surface area contributed by atoms with Gasteiger partial charge in [0.05, 0.1) is 19.3 Å². The lowest BCUT2D eigenvalue weighted by Crippen LogP contribution is -1.95. The molecule has 0 saturated carbocycles. The summed E-state index contributed by atoms with van der Waals surface area (Å²) in [6.07, 6.45) is 0.797. The molecule has 0 spiro atoms. The highest BCUT2D eigenvalue weighted by molar-refractivity contribution is 5.84. The van der Waals surface area contributed by atoms with Crippen LogP contribution in [0.15, 0.2) is 42.5 Å². The third-order valence-electron chi connectivity index (χ3n) is 2.85. The number of hydrogen-bond donors (Lipinski definition) is 0. The lowest BCUT2D eigenvalue weighted by atomic mass is 10.0. The van der Waals surface area contributed by atoms with E-state index in [-0.39, 0.29) is 0 Å². The Balaban J connectivity index is 2.50. The molecule has 0 amide bonds. The van der Waals surface area contributed by atoms with Crippen LogP contribution in [-0.2, 0) is 0 Å². The number of benzene rings is 2. The predicted molar refractivity (Wildman–Crippen MR) is 75.0 cm³/mol. The maximum atomic E-state index is 11.1. The first-order valence-corrected chi connectivity index (χ1v) is 6.15. The SMILES string of the molecule is CCOc1ccccc1-c1ccc(OC)c(C=O)c1. The number of carbonyl (C=O) groups excluding carboxylic acids is 1. The average molecular weight is 256 g/mol. The number of ether oxygens (including phenoxy) is 2. The van der Waals surface area contributed by atoms with Crippen LogP contribution >= 0.6 is 0 Å². The molecule has 0 aromatic heterocycles. The molecular formula is C16H16O3. The summed E-state index contributed by atoms with van der Waals surface area (Å²) in [7, 11) is 1.55. The van der Waals surface area contributed by atoms with Crippen LogP contribution in [0.2, 0.25) is 0 Å². The van der Waals surface area contributed by atoms with Crippen LogP contribution in [0, 0.1) is 0 Å². The lowest BCUT2D eigenvalue weighted by Gasteiger charge is -2.11. The molecule has 3 heteroatoms. The van der Waals surface area contributed by atoms with E-state index < -0.39 is 0 Å². The summed E-state index contributed by atoms with van der Waals surface area (Å²) >= 11 is 0. The molecule has 0 aliphatic rings. The van der Waals surface area contributed by atoms with E-state index in [0.717, 1.165) is 23.2 Å². The van der Waals surface area contributed by atoms with Gasteiger partial charge in [0, 0.05) is 5.56 Å². The summed E-state index contributed by atoms with van der Waals surface area (Å²) in [6, 6.07) is 13.3. The van der Waals surface area contributed by atoms with Crippen molar-refractivity contribution in [2.75, 3.05) is 13.7 Å². The molecule has 0 aliphatic carbocycles. The summed E-state index contributed by atoms with van der Waals surface area (Å²) in [5, 5.41) is 0. The van der Waals surface area contributed by atoms with Crippen molar-refractivity contribution in [2.45, 2.75) is 6.92 Å². The van der Waals surface area contributed by atoms with Crippen LogP contribution < -0.4 is 9.47 Å². The summed E-state index contributed by atoms with van der Waals surface area (Å²) < 4.78 is 10.7. The number of hydrogen-bond acceptors (Lipinski definition) is 3. The van der Waals surface area contributed by atoms with Gasteiger partial charge in [-0.2, -0.15) is 0 Å². The number of methoxy groups -OCH3 is 1. The molecule has 0 saturated heterocycles. The third-order valence-corrected chi connectivity index (χ3v) is 2.85. The first kappa shape index (κ1) is 13.1. The molecule has 0 N–H and O–H groups in total. The molecule has 0 fully saturated rings. The van der Waals surface area contributed by atoms with E-state index in [0.29, 0.717) is 17.9 Å². The normalized spacial score (nSPS) is 10.0. The minimum atomic E-state index is 0.534. The molecule has 98 valence electrons. The van der Waals surface area contributed by atoms with Gasteiger partial charge in [-0.25, -0.2) is 0 Å². The zero-order chi connectivity index (χ0) is 13.7. The van der Waals surface area contributed by atoms with Crippen molar-refractivity contribution in [2.24, 2.45) is 0 Å². The maximum Gasteiger partial charge on any atom is 0.153 e. The molecule has 2 aromatic carbocycles. The summed E-state index contributed by atoms with van der Waals surface area (Å²) in [5.74, 6) is 1.39. The van der Waals surface area contributed by atoms with E-state index in [1.807, 2.05) is 43.3 Å². The van der Waals surface area contributed by atoms with Crippen LogP contribution in [0.5, 0.6) is 11.5 Å². The Morgan fingerprint density at radius 3 is 2.58 bits per heavy atom. The lowest BCUT2D eigenvalue weighted by molar-refractivity contribution is 0.112. The Morgan fingerprint density at radius 2 is 1.89 bits per heavy atom. The molecule has 0 aliphatic heterocycles. The minimum Gasteiger partial charge on any atom is -0.496 e. The summed E-state index contributed by atoms with van der Waals surface area (Å²) in [4.78, 5) is 11.1. The summed E-state index contributed by atoms with van der Waals surface area (Å²) in [6.45, 7) is 2.55. The molecule has 2 rings (SSSR count). The fourth-order valence-electron chi connectivity index (χ4n) is 1.98. The molecule has 0 unspecified atom stereocenters. The van der Waals surface area contributed by atoms with Gasteiger partial charge in [0.1, 0.15) is 11.5 Å². The molecule has 0 atom stereocenters. The van der Waals surface area contributed by atoms with E-state index in [2.05, 4.69) is 0 Å². The maximum absolute atomic E-state index is 11.1. The van der Waals surface area contributed by atoms with Crippen molar-refractivity contribution in [1.29, 1.82) is 0 Å². The first-order chi connectivity index (χ1) is 9.30. The van der Waals surface area contributed by atoms with Crippen molar-refractivity contribution in [3.8, 4) is 22.6 Å². The topological polar surface area (TPSA) is 35.5 Å². The van der Waals surface area contributed by atoms with Crippen LogP contribution in [0.25, 0.3) is 11.1 Å². The molecule has 19 heavy (non-hydrogen) atoms. The van der Waals surface area contributed by atoms with Crippen LogP contribution in [0.3, 0.4) is 0 Å². The highest BCUT2D eigenvalue weighted by Gasteiger charge is 2.09. The van der Waals surface area contributed by atoms with Crippen molar-refractivity contribution in [3.05, 3.63) is 48.0 Å². The van der Waals surface area contributed by atoms with Gasteiger partial charge in [-0.3, -0.25) is 4.79 Å². The standard InChI is InChI=1S/C16H16O3/c1-3-19-16-7-5-4-6-14(16)12-8-9-15(18-2)13(10-12)11-17/h4-11H,3H2,1-2H3. The summed E-state index contributed by atoms with van der Waals surface area (Å²) in [5.41, 5.74) is 2.44. The van der Waals surface area contributed by atoms with E-state index in [4.69, 9.17) is 9.47 Å². The van der Waals surface area contributed by atoms with Gasteiger partial charge < -0.3 is 9.47 Å². The second-order valence-corrected chi connectivity index (χ2v) is 4.00. The van der Waals surface area contributed by atoms with Gasteiger partial charge in [-0.15, -0.1) is 0 Å². The monoisotopic (exact) mass is 256 g/mol. The number of rotatable bonds is 5. The molecule has 0 radical (unpaired) electrons. The van der Waals surface area contributed by atoms with Crippen LogP contribution in [0.4, 0.5) is 0 Å². The molecule has 0 bridgehead atoms. The fraction of sp³-hybridized carbons (Fsp3) is 0.188. The Labute approximate surface area is 112 Å². The van der Waals surface area contributed by atoms with E-state index in [1.165, 1.54) is 0 Å². The van der Waals surface area contributed by atoms with Crippen LogP contribution in [-0.4, -0.2) is 20.0 Å². The van der Waals surface area contributed by atoms with Gasteiger partial charge in [-0.05, 0) is 30.7 Å². The molecule has 3 nitrogen and oxygen atoms in total. The Bertz CT molecular complexity index is 576. The van der Waals surface area contributed by atoms with Crippen molar-refractivity contribution in [3.63, 3.8) is 0 Å². The highest BCUT2D eigenvalue weighted by Crippen LogP contribution is 2.32. The van der Waals surface area contributed by atoms with Gasteiger partial charge in [0.15, 0.2) is 6.29 Å². The van der Waals surface area contributed by atoms with Gasteiger partial charge in [-0.1, -0.05) is 24.3 Å². The third kappa shape index (κ3) is 2.76. The minimum absolute atomic E-state index is 0.534. The van der Waals surface area contributed by atoms with Crippen molar-refractivity contribution < 1.29 is 14.3 Å². The quantitative estimate of drug-likeness (QED) is 0.767. The van der Waals surface area contributed by atoms with Gasteiger partial charge in [0.25, 0.3) is 0 Å².